The molecule has 2 N–H and O–H groups in total. The molecule has 0 aromatic heterocycles. The molecular formula is C20H22N2O6. The number of carbonyl (C=O) groups is 3. The fraction of sp³-hybridized carbons (Fsp3) is 0.250. The lowest BCUT2D eigenvalue weighted by molar-refractivity contribution is -0.156. The predicted molar refractivity (Wildman–Crippen MR) is 101 cm³/mol. The molecule has 0 fully saturated rings. The highest BCUT2D eigenvalue weighted by molar-refractivity contribution is 5.97. The number of amides is 3. The smallest absolute Gasteiger partial charge is 0.344 e. The first kappa shape index (κ1) is 20.8. The minimum Gasteiger partial charge on any atom is -0.489 e. The van der Waals surface area contributed by atoms with Gasteiger partial charge in [-0.25, -0.2) is 9.59 Å². The van der Waals surface area contributed by atoms with Crippen molar-refractivity contribution in [2.45, 2.75) is 19.6 Å². The fourth-order valence-electron chi connectivity index (χ4n) is 2.08. The molecule has 28 heavy (non-hydrogen) atoms. The summed E-state index contributed by atoms with van der Waals surface area (Å²) in [5, 5.41) is 4.24. The molecule has 8 heteroatoms. The molecule has 0 aliphatic heterocycles. The highest BCUT2D eigenvalue weighted by atomic mass is 16.6. The molecular weight excluding hydrogens is 364 g/mol. The summed E-state index contributed by atoms with van der Waals surface area (Å²) in [6.07, 6.45) is -1.12. The van der Waals surface area contributed by atoms with Crippen LogP contribution in [0.2, 0.25) is 0 Å². The summed E-state index contributed by atoms with van der Waals surface area (Å²) in [6.45, 7) is 1.43. The van der Waals surface area contributed by atoms with Crippen LogP contribution in [-0.4, -0.2) is 37.7 Å². The van der Waals surface area contributed by atoms with Crippen LogP contribution in [0.25, 0.3) is 0 Å². The second kappa shape index (κ2) is 10.6. The van der Waals surface area contributed by atoms with Gasteiger partial charge in [0, 0.05) is 7.05 Å². The molecule has 3 amide bonds. The fourth-order valence-corrected chi connectivity index (χ4v) is 2.08. The van der Waals surface area contributed by atoms with Crippen molar-refractivity contribution in [2.75, 3.05) is 13.7 Å². The Labute approximate surface area is 162 Å². The Morgan fingerprint density at radius 3 is 2.14 bits per heavy atom. The van der Waals surface area contributed by atoms with Gasteiger partial charge in [0.25, 0.3) is 5.91 Å². The first-order valence-corrected chi connectivity index (χ1v) is 8.59. The van der Waals surface area contributed by atoms with Crippen LogP contribution in [0.3, 0.4) is 0 Å². The van der Waals surface area contributed by atoms with E-state index in [4.69, 9.17) is 14.2 Å². The topological polar surface area (TPSA) is 103 Å². The SMILES string of the molecule is CNC(=O)NC(=O)[C@H](C)OC(=O)COc1ccc(OCc2ccccc2)cc1. The van der Waals surface area contributed by atoms with Gasteiger partial charge in [0.1, 0.15) is 18.1 Å². The van der Waals surface area contributed by atoms with E-state index < -0.39 is 24.0 Å². The highest BCUT2D eigenvalue weighted by Crippen LogP contribution is 2.18. The first-order valence-electron chi connectivity index (χ1n) is 8.59. The van der Waals surface area contributed by atoms with Gasteiger partial charge in [-0.1, -0.05) is 30.3 Å². The van der Waals surface area contributed by atoms with Crippen molar-refractivity contribution in [3.63, 3.8) is 0 Å². The van der Waals surface area contributed by atoms with Gasteiger partial charge in [0.15, 0.2) is 12.7 Å². The van der Waals surface area contributed by atoms with Crippen molar-refractivity contribution in [1.29, 1.82) is 0 Å². The number of urea groups is 1. The number of hydrogen-bond donors (Lipinski definition) is 2. The Balaban J connectivity index is 1.74. The average Bonchev–Trinajstić information content (AvgIpc) is 2.72. The molecule has 0 heterocycles. The molecule has 0 radical (unpaired) electrons. The number of benzene rings is 2. The number of ether oxygens (including phenoxy) is 3. The van der Waals surface area contributed by atoms with Crippen molar-refractivity contribution in [3.8, 4) is 11.5 Å². The van der Waals surface area contributed by atoms with Crippen LogP contribution < -0.4 is 20.1 Å². The van der Waals surface area contributed by atoms with E-state index in [1.54, 1.807) is 24.3 Å². The van der Waals surface area contributed by atoms with Crippen molar-refractivity contribution >= 4 is 17.9 Å². The van der Waals surface area contributed by atoms with E-state index >= 15 is 0 Å². The quantitative estimate of drug-likeness (QED) is 0.673. The molecule has 0 bridgehead atoms. The lowest BCUT2D eigenvalue weighted by Crippen LogP contribution is -2.43. The summed E-state index contributed by atoms with van der Waals surface area (Å²) in [5.74, 6) is -0.346. The molecule has 0 unspecified atom stereocenters. The Morgan fingerprint density at radius 1 is 0.929 bits per heavy atom. The number of rotatable bonds is 8. The normalized spacial score (nSPS) is 11.1. The van der Waals surface area contributed by atoms with E-state index in [9.17, 15) is 14.4 Å². The minimum absolute atomic E-state index is 0.373. The molecule has 1 atom stereocenters. The largest absolute Gasteiger partial charge is 0.489 e. The summed E-state index contributed by atoms with van der Waals surface area (Å²) < 4.78 is 15.9. The summed E-state index contributed by atoms with van der Waals surface area (Å²) in [6, 6.07) is 15.9. The van der Waals surface area contributed by atoms with E-state index in [0.29, 0.717) is 18.1 Å². The summed E-state index contributed by atoms with van der Waals surface area (Å²) in [4.78, 5) is 34.4. The lowest BCUT2D eigenvalue weighted by Gasteiger charge is -2.13. The second-order valence-electron chi connectivity index (χ2n) is 5.73. The van der Waals surface area contributed by atoms with Gasteiger partial charge < -0.3 is 19.5 Å². The number of nitrogens with one attached hydrogen (secondary N) is 2. The zero-order valence-corrected chi connectivity index (χ0v) is 15.6. The van der Waals surface area contributed by atoms with Gasteiger partial charge >= 0.3 is 12.0 Å². The van der Waals surface area contributed by atoms with Gasteiger partial charge in [-0.05, 0) is 36.8 Å². The zero-order valence-electron chi connectivity index (χ0n) is 15.6. The van der Waals surface area contributed by atoms with Gasteiger partial charge in [-0.3, -0.25) is 10.1 Å². The van der Waals surface area contributed by atoms with Crippen molar-refractivity contribution in [2.24, 2.45) is 0 Å². The van der Waals surface area contributed by atoms with E-state index in [1.807, 2.05) is 35.6 Å². The Hall–Kier alpha value is -3.55. The Bertz CT molecular complexity index is 792. The number of imide groups is 1. The third-order valence-electron chi connectivity index (χ3n) is 3.57. The van der Waals surface area contributed by atoms with Crippen LogP contribution in [0, 0.1) is 0 Å². The molecule has 2 aromatic carbocycles. The third-order valence-corrected chi connectivity index (χ3v) is 3.57. The minimum atomic E-state index is -1.12. The number of hydrogen-bond acceptors (Lipinski definition) is 6. The maximum absolute atomic E-state index is 11.8. The molecule has 2 aromatic rings. The van der Waals surface area contributed by atoms with Crippen molar-refractivity contribution < 1.29 is 28.6 Å². The van der Waals surface area contributed by atoms with Crippen LogP contribution >= 0.6 is 0 Å². The monoisotopic (exact) mass is 386 g/mol. The molecule has 8 nitrogen and oxygen atoms in total. The zero-order chi connectivity index (χ0) is 20.4. The summed E-state index contributed by atoms with van der Waals surface area (Å²) in [5.41, 5.74) is 1.06. The Morgan fingerprint density at radius 2 is 1.54 bits per heavy atom. The van der Waals surface area contributed by atoms with Crippen LogP contribution in [0.4, 0.5) is 4.79 Å². The molecule has 0 spiro atoms. The number of carbonyl (C=O) groups excluding carboxylic acids is 3. The van der Waals surface area contributed by atoms with Gasteiger partial charge in [-0.15, -0.1) is 0 Å². The van der Waals surface area contributed by atoms with Crippen molar-refractivity contribution in [3.05, 3.63) is 60.2 Å². The lowest BCUT2D eigenvalue weighted by atomic mass is 10.2. The average molecular weight is 386 g/mol. The van der Waals surface area contributed by atoms with Crippen LogP contribution in [0.1, 0.15) is 12.5 Å². The van der Waals surface area contributed by atoms with E-state index in [1.165, 1.54) is 14.0 Å². The van der Waals surface area contributed by atoms with E-state index in [2.05, 4.69) is 5.32 Å². The van der Waals surface area contributed by atoms with E-state index in [-0.39, 0.29) is 6.61 Å². The standard InChI is InChI=1S/C20H22N2O6/c1-14(19(24)22-20(25)21-2)28-18(23)13-27-17-10-8-16(9-11-17)26-12-15-6-4-3-5-7-15/h3-11,14H,12-13H2,1-2H3,(H2,21,22,24,25)/t14-/m0/s1. The molecule has 0 saturated heterocycles. The first-order chi connectivity index (χ1) is 13.5. The van der Waals surface area contributed by atoms with Crippen molar-refractivity contribution in [1.82, 2.24) is 10.6 Å². The summed E-state index contributed by atoms with van der Waals surface area (Å²) >= 11 is 0. The predicted octanol–water partition coefficient (Wildman–Crippen LogP) is 2.03. The highest BCUT2D eigenvalue weighted by Gasteiger charge is 2.19. The molecule has 2 rings (SSSR count). The molecule has 0 aliphatic rings. The van der Waals surface area contributed by atoms with Crippen LogP contribution in [0.15, 0.2) is 54.6 Å². The maximum Gasteiger partial charge on any atom is 0.344 e. The van der Waals surface area contributed by atoms with Gasteiger partial charge in [0.2, 0.25) is 0 Å². The molecule has 0 aliphatic carbocycles. The van der Waals surface area contributed by atoms with Gasteiger partial charge in [-0.2, -0.15) is 0 Å². The third kappa shape index (κ3) is 6.99. The van der Waals surface area contributed by atoms with Crippen LogP contribution in [-0.2, 0) is 20.9 Å². The maximum atomic E-state index is 11.8. The number of esters is 1. The molecule has 0 saturated carbocycles. The second-order valence-corrected chi connectivity index (χ2v) is 5.73. The van der Waals surface area contributed by atoms with E-state index in [0.717, 1.165) is 5.56 Å². The summed E-state index contributed by atoms with van der Waals surface area (Å²) in [7, 11) is 1.37. The molecule has 148 valence electrons. The van der Waals surface area contributed by atoms with Crippen LogP contribution in [0.5, 0.6) is 11.5 Å². The van der Waals surface area contributed by atoms with Gasteiger partial charge in [0.05, 0.1) is 0 Å². The Kier molecular flexibility index (Phi) is 7.83.